The molecule has 0 unspecified atom stereocenters. The number of halogens is 1. The fraction of sp³-hybridized carbons (Fsp3) is 0.455. The standard InChI is InChI=1S/C11H15ClN2OS/c1-11(2,3)16-7-10(15)14-8-4-5-13-9(12)6-8/h4-6H,7H2,1-3H3,(H,13,14,15). The highest BCUT2D eigenvalue weighted by Crippen LogP contribution is 2.23. The molecule has 3 nitrogen and oxygen atoms in total. The Morgan fingerprint density at radius 3 is 2.81 bits per heavy atom. The average Bonchev–Trinajstić information content (AvgIpc) is 2.14. The molecule has 0 aliphatic rings. The Morgan fingerprint density at radius 1 is 1.56 bits per heavy atom. The Balaban J connectivity index is 2.46. The number of carbonyl (C=O) groups excluding carboxylic acids is 1. The van der Waals surface area contributed by atoms with Crippen LogP contribution < -0.4 is 5.32 Å². The van der Waals surface area contributed by atoms with E-state index >= 15 is 0 Å². The van der Waals surface area contributed by atoms with Gasteiger partial charge in [-0.25, -0.2) is 4.98 Å². The number of anilines is 1. The van der Waals surface area contributed by atoms with Crippen molar-refractivity contribution in [1.82, 2.24) is 4.98 Å². The quantitative estimate of drug-likeness (QED) is 0.847. The summed E-state index contributed by atoms with van der Waals surface area (Å²) in [5.41, 5.74) is 0.680. The highest BCUT2D eigenvalue weighted by atomic mass is 35.5. The molecule has 0 atom stereocenters. The van der Waals surface area contributed by atoms with Crippen molar-refractivity contribution < 1.29 is 4.79 Å². The van der Waals surface area contributed by atoms with Crippen LogP contribution in [-0.2, 0) is 4.79 Å². The van der Waals surface area contributed by atoms with Gasteiger partial charge >= 0.3 is 0 Å². The van der Waals surface area contributed by atoms with Gasteiger partial charge in [0.1, 0.15) is 5.15 Å². The molecule has 0 aromatic carbocycles. The lowest BCUT2D eigenvalue weighted by atomic mass is 10.3. The fourth-order valence-electron chi connectivity index (χ4n) is 0.959. The van der Waals surface area contributed by atoms with Crippen LogP contribution >= 0.6 is 23.4 Å². The third kappa shape index (κ3) is 5.37. The van der Waals surface area contributed by atoms with E-state index in [1.54, 1.807) is 30.1 Å². The maximum Gasteiger partial charge on any atom is 0.234 e. The first-order valence-electron chi connectivity index (χ1n) is 4.92. The van der Waals surface area contributed by atoms with E-state index in [2.05, 4.69) is 31.1 Å². The number of thioether (sulfide) groups is 1. The monoisotopic (exact) mass is 258 g/mol. The third-order valence-electron chi connectivity index (χ3n) is 1.65. The second kappa shape index (κ2) is 5.55. The molecule has 0 spiro atoms. The van der Waals surface area contributed by atoms with Crippen LogP contribution in [0.1, 0.15) is 20.8 Å². The molecule has 0 bridgehead atoms. The van der Waals surface area contributed by atoms with Gasteiger partial charge in [0, 0.05) is 16.6 Å². The highest BCUT2D eigenvalue weighted by molar-refractivity contribution is 8.01. The summed E-state index contributed by atoms with van der Waals surface area (Å²) in [6, 6.07) is 3.34. The Labute approximate surface area is 105 Å². The van der Waals surface area contributed by atoms with Crippen molar-refractivity contribution >= 4 is 35.0 Å². The number of rotatable bonds is 3. The zero-order chi connectivity index (χ0) is 12.2. The van der Waals surface area contributed by atoms with Crippen LogP contribution in [0.4, 0.5) is 5.69 Å². The lowest BCUT2D eigenvalue weighted by Gasteiger charge is -2.16. The summed E-state index contributed by atoms with van der Waals surface area (Å²) < 4.78 is 0.0905. The largest absolute Gasteiger partial charge is 0.325 e. The van der Waals surface area contributed by atoms with Crippen molar-refractivity contribution in [3.8, 4) is 0 Å². The number of aromatic nitrogens is 1. The molecule has 88 valence electrons. The summed E-state index contributed by atoms with van der Waals surface area (Å²) >= 11 is 7.31. The van der Waals surface area contributed by atoms with Gasteiger partial charge in [-0.15, -0.1) is 11.8 Å². The van der Waals surface area contributed by atoms with Crippen molar-refractivity contribution in [2.24, 2.45) is 0 Å². The van der Waals surface area contributed by atoms with E-state index in [0.717, 1.165) is 0 Å². The summed E-state index contributed by atoms with van der Waals surface area (Å²) in [5, 5.41) is 3.15. The van der Waals surface area contributed by atoms with Crippen molar-refractivity contribution in [2.75, 3.05) is 11.1 Å². The second-order valence-electron chi connectivity index (χ2n) is 4.32. The van der Waals surface area contributed by atoms with Gasteiger partial charge in [0.2, 0.25) is 5.91 Å². The van der Waals surface area contributed by atoms with Gasteiger partial charge in [-0.1, -0.05) is 32.4 Å². The Hall–Kier alpha value is -0.740. The smallest absolute Gasteiger partial charge is 0.234 e. The topological polar surface area (TPSA) is 42.0 Å². The molecule has 1 amide bonds. The molecule has 5 heteroatoms. The van der Waals surface area contributed by atoms with Gasteiger partial charge in [-0.3, -0.25) is 4.79 Å². The van der Waals surface area contributed by atoms with Crippen LogP contribution in [0, 0.1) is 0 Å². The van der Waals surface area contributed by atoms with E-state index in [1.165, 1.54) is 0 Å². The Morgan fingerprint density at radius 2 is 2.25 bits per heavy atom. The summed E-state index contributed by atoms with van der Waals surface area (Å²) in [7, 11) is 0. The van der Waals surface area contributed by atoms with Crippen LogP contribution in [0.25, 0.3) is 0 Å². The molecule has 1 aromatic rings. The molecule has 1 rings (SSSR count). The molecule has 0 radical (unpaired) electrons. The van der Waals surface area contributed by atoms with E-state index in [4.69, 9.17) is 11.6 Å². The van der Waals surface area contributed by atoms with Crippen LogP contribution in [0.3, 0.4) is 0 Å². The van der Waals surface area contributed by atoms with Crippen molar-refractivity contribution in [1.29, 1.82) is 0 Å². The van der Waals surface area contributed by atoms with Gasteiger partial charge < -0.3 is 5.32 Å². The summed E-state index contributed by atoms with van der Waals surface area (Å²) in [6.45, 7) is 6.23. The predicted molar refractivity (Wildman–Crippen MR) is 70.1 cm³/mol. The molecule has 1 aromatic heterocycles. The molecule has 0 aliphatic carbocycles. The molecule has 0 aliphatic heterocycles. The number of amides is 1. The fourth-order valence-corrected chi connectivity index (χ4v) is 1.77. The lowest BCUT2D eigenvalue weighted by Crippen LogP contribution is -2.18. The predicted octanol–water partition coefficient (Wildman–Crippen LogP) is 3.21. The minimum Gasteiger partial charge on any atom is -0.325 e. The highest BCUT2D eigenvalue weighted by Gasteiger charge is 2.13. The molecule has 1 heterocycles. The molecule has 0 fully saturated rings. The molecule has 1 N–H and O–H groups in total. The summed E-state index contributed by atoms with van der Waals surface area (Å²) in [5.74, 6) is 0.408. The van der Waals surface area contributed by atoms with Crippen molar-refractivity contribution in [2.45, 2.75) is 25.5 Å². The van der Waals surface area contributed by atoms with Gasteiger partial charge in [-0.2, -0.15) is 0 Å². The van der Waals surface area contributed by atoms with Crippen LogP contribution in [0.5, 0.6) is 0 Å². The Kier molecular flexibility index (Phi) is 4.62. The van der Waals surface area contributed by atoms with Crippen LogP contribution in [-0.4, -0.2) is 21.4 Å². The SMILES string of the molecule is CC(C)(C)SCC(=O)Nc1ccnc(Cl)c1. The van der Waals surface area contributed by atoms with Crippen LogP contribution in [0.15, 0.2) is 18.3 Å². The summed E-state index contributed by atoms with van der Waals surface area (Å²) in [4.78, 5) is 15.4. The molecule has 16 heavy (non-hydrogen) atoms. The minimum atomic E-state index is -0.0257. The Bertz CT molecular complexity index is 376. The minimum absolute atomic E-state index is 0.0257. The third-order valence-corrected chi connectivity index (χ3v) is 3.13. The first-order chi connectivity index (χ1) is 7.37. The number of carbonyl (C=O) groups is 1. The number of pyridine rings is 1. The summed E-state index contributed by atoms with van der Waals surface area (Å²) in [6.07, 6.45) is 1.56. The van der Waals surface area contributed by atoms with Gasteiger partial charge in [-0.05, 0) is 12.1 Å². The van der Waals surface area contributed by atoms with E-state index in [1.807, 2.05) is 0 Å². The van der Waals surface area contributed by atoms with Gasteiger partial charge in [0.15, 0.2) is 0 Å². The number of hydrogen-bond donors (Lipinski definition) is 1. The maximum atomic E-state index is 11.6. The lowest BCUT2D eigenvalue weighted by molar-refractivity contribution is -0.113. The number of hydrogen-bond acceptors (Lipinski definition) is 3. The maximum absolute atomic E-state index is 11.6. The number of nitrogens with one attached hydrogen (secondary N) is 1. The normalized spacial score (nSPS) is 11.2. The van der Waals surface area contributed by atoms with E-state index < -0.39 is 0 Å². The van der Waals surface area contributed by atoms with E-state index in [9.17, 15) is 4.79 Å². The average molecular weight is 259 g/mol. The van der Waals surface area contributed by atoms with Gasteiger partial charge in [0.05, 0.1) is 5.75 Å². The molecular weight excluding hydrogens is 244 g/mol. The zero-order valence-corrected chi connectivity index (χ0v) is 11.2. The first-order valence-corrected chi connectivity index (χ1v) is 6.28. The van der Waals surface area contributed by atoms with Gasteiger partial charge in [0.25, 0.3) is 0 Å². The van der Waals surface area contributed by atoms with Crippen molar-refractivity contribution in [3.63, 3.8) is 0 Å². The molecule has 0 saturated carbocycles. The molecule has 0 saturated heterocycles. The van der Waals surface area contributed by atoms with E-state index in [0.29, 0.717) is 16.6 Å². The van der Waals surface area contributed by atoms with Crippen LogP contribution in [0.2, 0.25) is 5.15 Å². The van der Waals surface area contributed by atoms with Crippen molar-refractivity contribution in [3.05, 3.63) is 23.5 Å². The first kappa shape index (κ1) is 13.3. The zero-order valence-electron chi connectivity index (χ0n) is 9.58. The number of nitrogens with zero attached hydrogens (tertiary/aromatic N) is 1. The second-order valence-corrected chi connectivity index (χ2v) is 6.51. The molecular formula is C11H15ClN2OS. The van der Waals surface area contributed by atoms with E-state index in [-0.39, 0.29) is 10.7 Å².